The Kier molecular flexibility index (Phi) is 4.11. The lowest BCUT2D eigenvalue weighted by Gasteiger charge is -2.39. The van der Waals surface area contributed by atoms with E-state index in [2.05, 4.69) is 13.8 Å². The number of hydrogen-bond donors (Lipinski definition) is 0. The van der Waals surface area contributed by atoms with Crippen molar-refractivity contribution in [1.29, 1.82) is 0 Å². The van der Waals surface area contributed by atoms with Crippen LogP contribution in [-0.2, 0) is 0 Å². The molecule has 1 fully saturated rings. The Balaban J connectivity index is 2.21. The van der Waals surface area contributed by atoms with Crippen LogP contribution in [0.1, 0.15) is 49.9 Å². The van der Waals surface area contributed by atoms with Gasteiger partial charge in [-0.25, -0.2) is 8.78 Å². The van der Waals surface area contributed by atoms with Gasteiger partial charge < -0.3 is 4.90 Å². The fourth-order valence-corrected chi connectivity index (χ4v) is 2.94. The molecule has 0 bridgehead atoms. The van der Waals surface area contributed by atoms with Gasteiger partial charge in [0, 0.05) is 18.7 Å². The van der Waals surface area contributed by atoms with Crippen LogP contribution in [0, 0.1) is 17.0 Å². The van der Waals surface area contributed by atoms with E-state index in [4.69, 9.17) is 0 Å². The van der Waals surface area contributed by atoms with Crippen LogP contribution in [0.2, 0.25) is 0 Å². The van der Waals surface area contributed by atoms with Crippen LogP contribution < -0.4 is 4.90 Å². The van der Waals surface area contributed by atoms with Crippen molar-refractivity contribution in [2.45, 2.75) is 45.6 Å². The smallest absolute Gasteiger partial charge is 0.150 e. The minimum absolute atomic E-state index is 0.0275. The Labute approximate surface area is 118 Å². The van der Waals surface area contributed by atoms with Gasteiger partial charge in [0.05, 0.1) is 0 Å². The van der Waals surface area contributed by atoms with E-state index < -0.39 is 11.6 Å². The largest absolute Gasteiger partial charge is 0.367 e. The van der Waals surface area contributed by atoms with Gasteiger partial charge >= 0.3 is 0 Å². The molecule has 2 nitrogen and oxygen atoms in total. The van der Waals surface area contributed by atoms with Crippen molar-refractivity contribution in [3.05, 3.63) is 29.3 Å². The highest BCUT2D eigenvalue weighted by Crippen LogP contribution is 2.38. The van der Waals surface area contributed by atoms with Crippen LogP contribution in [0.3, 0.4) is 0 Å². The molecule has 0 unspecified atom stereocenters. The average molecular weight is 281 g/mol. The van der Waals surface area contributed by atoms with E-state index in [1.165, 1.54) is 0 Å². The van der Waals surface area contributed by atoms with Crippen LogP contribution in [0.25, 0.3) is 0 Å². The second kappa shape index (κ2) is 5.51. The first-order chi connectivity index (χ1) is 9.34. The molecule has 1 saturated carbocycles. The minimum Gasteiger partial charge on any atom is -0.367 e. The molecule has 0 aliphatic heterocycles. The highest BCUT2D eigenvalue weighted by Gasteiger charge is 2.30. The van der Waals surface area contributed by atoms with Crippen molar-refractivity contribution in [3.8, 4) is 0 Å². The van der Waals surface area contributed by atoms with Crippen molar-refractivity contribution >= 4 is 12.0 Å². The molecule has 1 aliphatic carbocycles. The van der Waals surface area contributed by atoms with Crippen molar-refractivity contribution < 1.29 is 13.6 Å². The Hall–Kier alpha value is -1.45. The number of nitrogens with zero attached hydrogens (tertiary/aromatic N) is 1. The summed E-state index contributed by atoms with van der Waals surface area (Å²) in [4.78, 5) is 12.3. The highest BCUT2D eigenvalue weighted by molar-refractivity contribution is 5.76. The lowest BCUT2D eigenvalue weighted by molar-refractivity contribution is 0.112. The molecule has 2 rings (SSSR count). The maximum absolute atomic E-state index is 14.0. The molecule has 0 amide bonds. The summed E-state index contributed by atoms with van der Waals surface area (Å²) in [6.45, 7) is 4.45. The summed E-state index contributed by atoms with van der Waals surface area (Å²) in [6.07, 6.45) is 4.42. The maximum atomic E-state index is 14.0. The predicted molar refractivity (Wildman–Crippen MR) is 76.2 cm³/mol. The Morgan fingerprint density at radius 1 is 1.20 bits per heavy atom. The Morgan fingerprint density at radius 3 is 2.15 bits per heavy atom. The van der Waals surface area contributed by atoms with Gasteiger partial charge in [-0.05, 0) is 43.2 Å². The maximum Gasteiger partial charge on any atom is 0.150 e. The lowest BCUT2D eigenvalue weighted by Crippen LogP contribution is -2.38. The van der Waals surface area contributed by atoms with Crippen molar-refractivity contribution in [2.24, 2.45) is 5.41 Å². The summed E-state index contributed by atoms with van der Waals surface area (Å²) in [5.74, 6) is -1.33. The summed E-state index contributed by atoms with van der Waals surface area (Å²) in [5, 5.41) is 0. The third-order valence-electron chi connectivity index (χ3n) is 4.38. The standard InChI is InChI=1S/C16H21F2NO/c1-16(2)6-4-12(5-7-16)19(3)15-13(17)8-11(10-20)9-14(15)18/h8-10,12H,4-7H2,1-3H3. The molecule has 4 heteroatoms. The lowest BCUT2D eigenvalue weighted by atomic mass is 9.75. The number of halogens is 2. The van der Waals surface area contributed by atoms with Crippen molar-refractivity contribution in [3.63, 3.8) is 0 Å². The number of aldehydes is 1. The van der Waals surface area contributed by atoms with E-state index in [9.17, 15) is 13.6 Å². The Morgan fingerprint density at radius 2 is 1.70 bits per heavy atom. The molecule has 0 aromatic heterocycles. The summed E-state index contributed by atoms with van der Waals surface area (Å²) in [6, 6.07) is 2.33. The van der Waals surface area contributed by atoms with Crippen LogP contribution in [0.5, 0.6) is 0 Å². The van der Waals surface area contributed by atoms with Crippen LogP contribution in [0.15, 0.2) is 12.1 Å². The normalized spacial score (nSPS) is 18.9. The molecular formula is C16H21F2NO. The number of carbonyl (C=O) groups excluding carboxylic acids is 1. The molecule has 0 atom stereocenters. The Bertz CT molecular complexity index is 480. The summed E-state index contributed by atoms with van der Waals surface area (Å²) >= 11 is 0. The van der Waals surface area contributed by atoms with Gasteiger partial charge in [0.2, 0.25) is 0 Å². The van der Waals surface area contributed by atoms with Crippen LogP contribution in [-0.4, -0.2) is 19.4 Å². The van der Waals surface area contributed by atoms with Crippen molar-refractivity contribution in [2.75, 3.05) is 11.9 Å². The van der Waals surface area contributed by atoms with E-state index in [0.717, 1.165) is 37.8 Å². The van der Waals surface area contributed by atoms with Gasteiger partial charge in [-0.3, -0.25) is 4.79 Å². The van der Waals surface area contributed by atoms with E-state index in [1.807, 2.05) is 0 Å². The van der Waals surface area contributed by atoms with Gasteiger partial charge in [0.25, 0.3) is 0 Å². The molecular weight excluding hydrogens is 260 g/mol. The molecule has 1 aliphatic rings. The third kappa shape index (κ3) is 3.00. The molecule has 1 aromatic carbocycles. The fraction of sp³-hybridized carbons (Fsp3) is 0.562. The van der Waals surface area contributed by atoms with E-state index in [0.29, 0.717) is 11.7 Å². The number of carbonyl (C=O) groups is 1. The minimum atomic E-state index is -0.667. The quantitative estimate of drug-likeness (QED) is 0.775. The molecule has 110 valence electrons. The monoisotopic (exact) mass is 281 g/mol. The zero-order valence-corrected chi connectivity index (χ0v) is 12.2. The molecule has 1 aromatic rings. The summed E-state index contributed by atoms with van der Waals surface area (Å²) in [7, 11) is 1.73. The molecule has 0 saturated heterocycles. The van der Waals surface area contributed by atoms with Crippen LogP contribution in [0.4, 0.5) is 14.5 Å². The zero-order chi connectivity index (χ0) is 14.9. The van der Waals surface area contributed by atoms with Gasteiger partial charge in [0.1, 0.15) is 23.6 Å². The zero-order valence-electron chi connectivity index (χ0n) is 12.2. The first-order valence-electron chi connectivity index (χ1n) is 7.01. The number of hydrogen-bond acceptors (Lipinski definition) is 2. The highest BCUT2D eigenvalue weighted by atomic mass is 19.1. The molecule has 20 heavy (non-hydrogen) atoms. The molecule has 0 radical (unpaired) electrons. The van der Waals surface area contributed by atoms with E-state index in [-0.39, 0.29) is 17.3 Å². The molecule has 0 heterocycles. The first kappa shape index (κ1) is 14.9. The first-order valence-corrected chi connectivity index (χ1v) is 7.01. The van der Waals surface area contributed by atoms with E-state index >= 15 is 0 Å². The third-order valence-corrected chi connectivity index (χ3v) is 4.38. The summed E-state index contributed by atoms with van der Waals surface area (Å²) in [5.41, 5.74) is 0.317. The summed E-state index contributed by atoms with van der Waals surface area (Å²) < 4.78 is 28.0. The molecule has 0 spiro atoms. The SMILES string of the molecule is CN(c1c(F)cc(C=O)cc1F)C1CCC(C)(C)CC1. The van der Waals surface area contributed by atoms with Gasteiger partial charge in [-0.15, -0.1) is 0 Å². The second-order valence-corrected chi connectivity index (χ2v) is 6.46. The van der Waals surface area contributed by atoms with Crippen molar-refractivity contribution in [1.82, 2.24) is 0 Å². The number of rotatable bonds is 3. The molecule has 0 N–H and O–H groups in total. The van der Waals surface area contributed by atoms with Crippen LogP contribution >= 0.6 is 0 Å². The van der Waals surface area contributed by atoms with Gasteiger partial charge in [-0.2, -0.15) is 0 Å². The topological polar surface area (TPSA) is 20.3 Å². The fourth-order valence-electron chi connectivity index (χ4n) is 2.94. The average Bonchev–Trinajstić information content (AvgIpc) is 2.37. The number of benzene rings is 1. The number of anilines is 1. The van der Waals surface area contributed by atoms with E-state index in [1.54, 1.807) is 11.9 Å². The van der Waals surface area contributed by atoms with Gasteiger partial charge in [-0.1, -0.05) is 13.8 Å². The second-order valence-electron chi connectivity index (χ2n) is 6.46. The van der Waals surface area contributed by atoms with Gasteiger partial charge in [0.15, 0.2) is 0 Å². The predicted octanol–water partition coefficient (Wildman–Crippen LogP) is 4.18.